The van der Waals surface area contributed by atoms with Crippen LogP contribution < -0.4 is 0 Å². The van der Waals surface area contributed by atoms with Gasteiger partial charge in [0.15, 0.2) is 0 Å². The molecule has 0 aromatic carbocycles. The van der Waals surface area contributed by atoms with Crippen molar-refractivity contribution in [2.24, 2.45) is 5.92 Å². The van der Waals surface area contributed by atoms with Crippen LogP contribution in [-0.4, -0.2) is 44.2 Å². The van der Waals surface area contributed by atoms with Crippen molar-refractivity contribution in [1.29, 1.82) is 0 Å². The first-order valence-corrected chi connectivity index (χ1v) is 4.85. The minimum atomic E-state index is -3.15. The Bertz CT molecular complexity index is 219. The van der Waals surface area contributed by atoms with Crippen LogP contribution in [0.5, 0.6) is 0 Å². The lowest BCUT2D eigenvalue weighted by molar-refractivity contribution is 0.294. The molecule has 0 atom stereocenters. The summed E-state index contributed by atoms with van der Waals surface area (Å²) in [6.07, 6.45) is 0. The maximum Gasteiger partial charge on any atom is 0.281 e. The Kier molecular flexibility index (Phi) is 2.22. The molecule has 0 amide bonds. The molecule has 0 saturated carbocycles. The molecule has 0 N–H and O–H groups in total. The molecule has 1 aliphatic heterocycles. The molecule has 0 bridgehead atoms. The van der Waals surface area contributed by atoms with Crippen molar-refractivity contribution in [2.75, 3.05) is 27.2 Å². The summed E-state index contributed by atoms with van der Waals surface area (Å²) in [6.45, 7) is 4.86. The van der Waals surface area contributed by atoms with Crippen molar-refractivity contribution < 1.29 is 8.42 Å². The Balaban J connectivity index is 2.85. The second-order valence-electron chi connectivity index (χ2n) is 2.93. The second kappa shape index (κ2) is 2.73. The highest BCUT2D eigenvalue weighted by atomic mass is 32.2. The highest BCUT2D eigenvalue weighted by molar-refractivity contribution is 7.86. The highest BCUT2D eigenvalue weighted by Gasteiger charge is 2.31. The lowest BCUT2D eigenvalue weighted by Crippen LogP contribution is -2.49. The number of hydrogen-bond donors (Lipinski definition) is 0. The zero-order valence-electron chi connectivity index (χ0n) is 6.82. The van der Waals surface area contributed by atoms with E-state index in [4.69, 9.17) is 0 Å². The van der Waals surface area contributed by atoms with Gasteiger partial charge in [0.25, 0.3) is 10.2 Å². The number of rotatable bonds is 0. The third-order valence-corrected chi connectivity index (χ3v) is 3.69. The molecule has 1 aliphatic rings. The summed E-state index contributed by atoms with van der Waals surface area (Å²) in [5.74, 6) is 0.175. The summed E-state index contributed by atoms with van der Waals surface area (Å²) in [5.41, 5.74) is 0. The van der Waals surface area contributed by atoms with Gasteiger partial charge in [-0.2, -0.15) is 17.0 Å². The van der Waals surface area contributed by atoms with Gasteiger partial charge in [0.2, 0.25) is 0 Å². The summed E-state index contributed by atoms with van der Waals surface area (Å²) >= 11 is 0. The quantitative estimate of drug-likeness (QED) is 0.503. The Morgan fingerprint density at radius 2 is 1.64 bits per heavy atom. The van der Waals surface area contributed by atoms with E-state index in [1.165, 1.54) is 8.61 Å². The van der Waals surface area contributed by atoms with Crippen molar-refractivity contribution in [2.45, 2.75) is 0 Å². The summed E-state index contributed by atoms with van der Waals surface area (Å²) in [5, 5.41) is 0. The zero-order chi connectivity index (χ0) is 8.65. The van der Waals surface area contributed by atoms with E-state index < -0.39 is 10.2 Å². The second-order valence-corrected chi connectivity index (χ2v) is 5.08. The summed E-state index contributed by atoms with van der Waals surface area (Å²) in [4.78, 5) is 0. The van der Waals surface area contributed by atoms with Gasteiger partial charge in [-0.05, 0) is 12.8 Å². The lowest BCUT2D eigenvalue weighted by atomic mass is 10.2. The van der Waals surface area contributed by atoms with Gasteiger partial charge < -0.3 is 0 Å². The van der Waals surface area contributed by atoms with Gasteiger partial charge in [0, 0.05) is 27.2 Å². The van der Waals surface area contributed by atoms with E-state index in [1.54, 1.807) is 14.1 Å². The van der Waals surface area contributed by atoms with Crippen molar-refractivity contribution in [3.8, 4) is 0 Å². The minimum absolute atomic E-state index is 0.175. The molecule has 1 saturated heterocycles. The monoisotopic (exact) mass is 177 g/mol. The van der Waals surface area contributed by atoms with Crippen LogP contribution in [0.2, 0.25) is 0 Å². The van der Waals surface area contributed by atoms with Crippen molar-refractivity contribution in [3.05, 3.63) is 6.92 Å². The predicted octanol–water partition coefficient (Wildman–Crippen LogP) is -0.441. The van der Waals surface area contributed by atoms with E-state index in [2.05, 4.69) is 6.92 Å². The Labute approximate surface area is 68.0 Å². The molecule has 0 aromatic rings. The molecule has 1 heterocycles. The average Bonchev–Trinajstić information content (AvgIpc) is 1.84. The molecular formula is C6H13N2O2S. The zero-order valence-corrected chi connectivity index (χ0v) is 7.63. The molecule has 0 aromatic heterocycles. The molecule has 11 heavy (non-hydrogen) atoms. The minimum Gasteiger partial charge on any atom is -0.195 e. The van der Waals surface area contributed by atoms with E-state index in [-0.39, 0.29) is 5.92 Å². The van der Waals surface area contributed by atoms with Gasteiger partial charge >= 0.3 is 0 Å². The smallest absolute Gasteiger partial charge is 0.195 e. The topological polar surface area (TPSA) is 40.6 Å². The average molecular weight is 177 g/mol. The largest absolute Gasteiger partial charge is 0.281 e. The molecule has 5 heteroatoms. The van der Waals surface area contributed by atoms with E-state index in [0.29, 0.717) is 13.1 Å². The van der Waals surface area contributed by atoms with E-state index in [0.717, 1.165) is 0 Å². The Morgan fingerprint density at radius 3 is 2.00 bits per heavy atom. The third-order valence-electron chi connectivity index (χ3n) is 1.82. The standard InChI is InChI=1S/C6H13N2O2S/c1-6-4-7(2)11(9,10)8(3)5-6/h6H,1,4-5H2,2-3H3. The fourth-order valence-electron chi connectivity index (χ4n) is 1.21. The maximum atomic E-state index is 11.3. The Hall–Kier alpha value is -0.130. The van der Waals surface area contributed by atoms with Gasteiger partial charge in [0.05, 0.1) is 0 Å². The van der Waals surface area contributed by atoms with Crippen molar-refractivity contribution >= 4 is 10.2 Å². The third kappa shape index (κ3) is 1.55. The lowest BCUT2D eigenvalue weighted by Gasteiger charge is -2.33. The molecule has 1 fully saturated rings. The molecule has 0 spiro atoms. The molecule has 65 valence electrons. The Morgan fingerprint density at radius 1 is 1.27 bits per heavy atom. The van der Waals surface area contributed by atoms with E-state index >= 15 is 0 Å². The highest BCUT2D eigenvalue weighted by Crippen LogP contribution is 2.15. The summed E-state index contributed by atoms with van der Waals surface area (Å²) in [6, 6.07) is 0. The van der Waals surface area contributed by atoms with Gasteiger partial charge in [-0.25, -0.2) is 0 Å². The molecule has 4 nitrogen and oxygen atoms in total. The van der Waals surface area contributed by atoms with Gasteiger partial charge in [-0.15, -0.1) is 0 Å². The molecule has 1 rings (SSSR count). The van der Waals surface area contributed by atoms with Gasteiger partial charge in [0.1, 0.15) is 0 Å². The van der Waals surface area contributed by atoms with Crippen LogP contribution in [0.1, 0.15) is 0 Å². The molecule has 0 aliphatic carbocycles. The molecule has 0 unspecified atom stereocenters. The van der Waals surface area contributed by atoms with Crippen LogP contribution in [0.25, 0.3) is 0 Å². The van der Waals surface area contributed by atoms with Crippen LogP contribution in [-0.2, 0) is 10.2 Å². The maximum absolute atomic E-state index is 11.3. The van der Waals surface area contributed by atoms with Crippen LogP contribution in [0.3, 0.4) is 0 Å². The van der Waals surface area contributed by atoms with Crippen LogP contribution in [0.15, 0.2) is 0 Å². The first-order valence-electron chi connectivity index (χ1n) is 3.45. The first kappa shape index (κ1) is 8.96. The van der Waals surface area contributed by atoms with Crippen molar-refractivity contribution in [1.82, 2.24) is 8.61 Å². The van der Waals surface area contributed by atoms with Crippen LogP contribution >= 0.6 is 0 Å². The van der Waals surface area contributed by atoms with E-state index in [9.17, 15) is 8.42 Å². The van der Waals surface area contributed by atoms with Gasteiger partial charge in [-0.1, -0.05) is 0 Å². The van der Waals surface area contributed by atoms with Crippen molar-refractivity contribution in [3.63, 3.8) is 0 Å². The summed E-state index contributed by atoms with van der Waals surface area (Å²) in [7, 11) is -0.00123. The molecule has 1 radical (unpaired) electrons. The fourth-order valence-corrected chi connectivity index (χ4v) is 2.49. The van der Waals surface area contributed by atoms with Crippen LogP contribution in [0, 0.1) is 12.8 Å². The number of hydrogen-bond acceptors (Lipinski definition) is 2. The number of nitrogens with zero attached hydrogens (tertiary/aromatic N) is 2. The van der Waals surface area contributed by atoms with Gasteiger partial charge in [-0.3, -0.25) is 0 Å². The predicted molar refractivity (Wildman–Crippen MR) is 43.0 cm³/mol. The fraction of sp³-hybridized carbons (Fsp3) is 0.833. The first-order chi connectivity index (χ1) is 4.94. The van der Waals surface area contributed by atoms with E-state index in [1.807, 2.05) is 0 Å². The molecular weight excluding hydrogens is 164 g/mol. The van der Waals surface area contributed by atoms with Crippen LogP contribution in [0.4, 0.5) is 0 Å². The summed E-state index contributed by atoms with van der Waals surface area (Å²) < 4.78 is 25.2. The normalized spacial score (nSPS) is 29.0. The SMILES string of the molecule is [CH2]C1CN(C)S(=O)(=O)N(C)C1.